The molecule has 9 nitrogen and oxygen atoms in total. The summed E-state index contributed by atoms with van der Waals surface area (Å²) in [4.78, 5) is 29.7. The molecule has 4 aromatic carbocycles. The average Bonchev–Trinajstić information content (AvgIpc) is 3.09. The van der Waals surface area contributed by atoms with Crippen LogP contribution in [0, 0.1) is 5.82 Å². The van der Waals surface area contributed by atoms with Gasteiger partial charge in [-0.05, 0) is 73.0 Å². The van der Waals surface area contributed by atoms with E-state index < -0.39 is 34.3 Å². The molecule has 1 N–H and O–H groups in total. The van der Waals surface area contributed by atoms with E-state index in [-0.39, 0.29) is 47.9 Å². The Morgan fingerprint density at radius 3 is 2.27 bits per heavy atom. The molecule has 48 heavy (non-hydrogen) atoms. The first-order valence-electron chi connectivity index (χ1n) is 15.6. The molecule has 0 bridgehead atoms. The van der Waals surface area contributed by atoms with Gasteiger partial charge in [0, 0.05) is 30.1 Å². The van der Waals surface area contributed by atoms with Crippen molar-refractivity contribution in [3.8, 4) is 11.5 Å². The predicted octanol–water partition coefficient (Wildman–Crippen LogP) is 6.00. The molecule has 0 saturated heterocycles. The fourth-order valence-electron chi connectivity index (χ4n) is 5.27. The summed E-state index contributed by atoms with van der Waals surface area (Å²) in [6.45, 7) is 3.66. The fraction of sp³-hybridized carbons (Fsp3) is 0.278. The van der Waals surface area contributed by atoms with Crippen molar-refractivity contribution in [2.75, 3.05) is 24.1 Å². The summed E-state index contributed by atoms with van der Waals surface area (Å²) in [5.41, 5.74) is 1.52. The van der Waals surface area contributed by atoms with Gasteiger partial charge in [0.1, 0.15) is 31.6 Å². The summed E-state index contributed by atoms with van der Waals surface area (Å²) < 4.78 is 54.8. The van der Waals surface area contributed by atoms with Gasteiger partial charge in [-0.3, -0.25) is 13.9 Å². The molecular formula is C36H37ClFN3O6S. The summed E-state index contributed by atoms with van der Waals surface area (Å²) >= 11 is 6.30. The number of hydrogen-bond donors (Lipinski definition) is 1. The number of hydrogen-bond acceptors (Lipinski definition) is 6. The fourth-order valence-corrected chi connectivity index (χ4v) is 6.92. The van der Waals surface area contributed by atoms with Gasteiger partial charge in [0.2, 0.25) is 11.8 Å². The van der Waals surface area contributed by atoms with E-state index in [0.717, 1.165) is 22.0 Å². The van der Waals surface area contributed by atoms with Crippen LogP contribution >= 0.6 is 11.6 Å². The van der Waals surface area contributed by atoms with Crippen molar-refractivity contribution in [3.63, 3.8) is 0 Å². The normalized spacial score (nSPS) is 13.7. The molecule has 0 unspecified atom stereocenters. The van der Waals surface area contributed by atoms with Crippen molar-refractivity contribution in [1.82, 2.24) is 10.2 Å². The Hall–Kier alpha value is -4.61. The van der Waals surface area contributed by atoms with Crippen LogP contribution in [0.1, 0.15) is 31.4 Å². The maximum atomic E-state index is 14.6. The molecule has 2 atom stereocenters. The Morgan fingerprint density at radius 1 is 0.896 bits per heavy atom. The number of fused-ring (bicyclic) bond motifs is 1. The van der Waals surface area contributed by atoms with Crippen molar-refractivity contribution >= 4 is 39.1 Å². The third-order valence-electron chi connectivity index (χ3n) is 8.01. The van der Waals surface area contributed by atoms with Gasteiger partial charge < -0.3 is 19.7 Å². The molecule has 0 aromatic heterocycles. The van der Waals surface area contributed by atoms with Crippen LogP contribution in [-0.2, 0) is 32.6 Å². The summed E-state index contributed by atoms with van der Waals surface area (Å²) in [6, 6.07) is 24.0. The first kappa shape index (κ1) is 34.7. The molecule has 1 aliphatic heterocycles. The SMILES string of the molecule is CC[C@H](C)NC(=O)[C@@H](Cc1ccccc1)N(Cc1cccc(Cl)c1)C(=O)CN(c1ccc(F)cc1)S(=O)(=O)c1ccc2c(c1)OCCO2. The maximum Gasteiger partial charge on any atom is 0.264 e. The third-order valence-corrected chi connectivity index (χ3v) is 10.0. The highest BCUT2D eigenvalue weighted by Crippen LogP contribution is 2.34. The number of nitrogens with one attached hydrogen (secondary N) is 1. The molecule has 4 aromatic rings. The quantitative estimate of drug-likeness (QED) is 0.184. The minimum atomic E-state index is -4.43. The highest BCUT2D eigenvalue weighted by atomic mass is 35.5. The number of sulfonamides is 1. The van der Waals surface area contributed by atoms with E-state index in [1.807, 2.05) is 44.2 Å². The van der Waals surface area contributed by atoms with Gasteiger partial charge in [0.15, 0.2) is 11.5 Å². The zero-order chi connectivity index (χ0) is 34.3. The van der Waals surface area contributed by atoms with Gasteiger partial charge in [0.25, 0.3) is 10.0 Å². The minimum absolute atomic E-state index is 0.0356. The highest BCUT2D eigenvalue weighted by Gasteiger charge is 2.35. The second-order valence-corrected chi connectivity index (χ2v) is 13.8. The molecular weight excluding hydrogens is 657 g/mol. The molecule has 1 aliphatic rings. The predicted molar refractivity (Wildman–Crippen MR) is 182 cm³/mol. The van der Waals surface area contributed by atoms with Crippen LogP contribution in [-0.4, -0.2) is 57.0 Å². The second kappa shape index (κ2) is 15.5. The topological polar surface area (TPSA) is 105 Å². The van der Waals surface area contributed by atoms with E-state index in [4.69, 9.17) is 21.1 Å². The van der Waals surface area contributed by atoms with Crippen LogP contribution in [0.15, 0.2) is 102 Å². The van der Waals surface area contributed by atoms with Crippen molar-refractivity contribution < 1.29 is 31.9 Å². The molecule has 0 aliphatic carbocycles. The van der Waals surface area contributed by atoms with Gasteiger partial charge >= 0.3 is 0 Å². The van der Waals surface area contributed by atoms with Gasteiger partial charge in [-0.2, -0.15) is 0 Å². The van der Waals surface area contributed by atoms with Gasteiger partial charge in [0.05, 0.1) is 10.6 Å². The Balaban J connectivity index is 1.58. The van der Waals surface area contributed by atoms with E-state index >= 15 is 0 Å². The van der Waals surface area contributed by atoms with Gasteiger partial charge in [-0.25, -0.2) is 12.8 Å². The molecule has 1 heterocycles. The summed E-state index contributed by atoms with van der Waals surface area (Å²) in [5, 5.41) is 3.44. The lowest BCUT2D eigenvalue weighted by molar-refractivity contribution is -0.140. The van der Waals surface area contributed by atoms with Crippen molar-refractivity contribution in [3.05, 3.63) is 119 Å². The van der Waals surface area contributed by atoms with Crippen molar-refractivity contribution in [2.45, 2.75) is 50.2 Å². The smallest absolute Gasteiger partial charge is 0.264 e. The number of carbonyl (C=O) groups excluding carboxylic acids is 2. The molecule has 0 radical (unpaired) electrons. The highest BCUT2D eigenvalue weighted by molar-refractivity contribution is 7.92. The van der Waals surface area contributed by atoms with E-state index in [1.165, 1.54) is 35.2 Å². The van der Waals surface area contributed by atoms with E-state index in [1.54, 1.807) is 24.3 Å². The van der Waals surface area contributed by atoms with Gasteiger partial charge in [-0.1, -0.05) is 61.0 Å². The average molecular weight is 694 g/mol. The minimum Gasteiger partial charge on any atom is -0.486 e. The number of ether oxygens (including phenoxy) is 2. The first-order chi connectivity index (χ1) is 23.0. The number of anilines is 1. The number of amides is 2. The number of rotatable bonds is 13. The molecule has 5 rings (SSSR count). The Bertz CT molecular complexity index is 1840. The lowest BCUT2D eigenvalue weighted by atomic mass is 10.0. The van der Waals surface area contributed by atoms with Crippen LogP contribution in [0.5, 0.6) is 11.5 Å². The van der Waals surface area contributed by atoms with E-state index in [0.29, 0.717) is 29.4 Å². The van der Waals surface area contributed by atoms with Crippen LogP contribution in [0.3, 0.4) is 0 Å². The van der Waals surface area contributed by atoms with E-state index in [9.17, 15) is 22.4 Å². The summed E-state index contributed by atoms with van der Waals surface area (Å²) in [5.74, 6) is -0.963. The van der Waals surface area contributed by atoms with Crippen molar-refractivity contribution in [2.24, 2.45) is 0 Å². The zero-order valence-electron chi connectivity index (χ0n) is 26.6. The molecule has 2 amide bonds. The standard InChI is InChI=1S/C36H37ClFN3O6S/c1-3-25(2)39-36(43)32(21-26-8-5-4-6-9-26)40(23-27-10-7-11-28(37)20-27)35(42)24-41(30-14-12-29(38)13-15-30)48(44,45)31-16-17-33-34(22-31)47-19-18-46-33/h4-17,20,22,25,32H,3,18-19,21,23-24H2,1-2H3,(H,39,43)/t25-,32+/m0/s1. The molecule has 12 heteroatoms. The van der Waals surface area contributed by atoms with Gasteiger partial charge in [-0.15, -0.1) is 0 Å². The largest absolute Gasteiger partial charge is 0.486 e. The summed E-state index contributed by atoms with van der Waals surface area (Å²) in [7, 11) is -4.43. The summed E-state index contributed by atoms with van der Waals surface area (Å²) in [6.07, 6.45) is 0.832. The lowest BCUT2D eigenvalue weighted by Crippen LogP contribution is -2.54. The molecule has 0 spiro atoms. The van der Waals surface area contributed by atoms with Crippen LogP contribution in [0.2, 0.25) is 5.02 Å². The maximum absolute atomic E-state index is 14.6. The Kier molecular flexibility index (Phi) is 11.2. The second-order valence-electron chi connectivity index (χ2n) is 11.5. The number of halogens is 2. The number of carbonyl (C=O) groups is 2. The number of benzene rings is 4. The third kappa shape index (κ3) is 8.45. The lowest BCUT2D eigenvalue weighted by Gasteiger charge is -2.34. The molecule has 252 valence electrons. The first-order valence-corrected chi connectivity index (χ1v) is 17.4. The van der Waals surface area contributed by atoms with Crippen LogP contribution < -0.4 is 19.1 Å². The number of nitrogens with zero attached hydrogens (tertiary/aromatic N) is 2. The zero-order valence-corrected chi connectivity index (χ0v) is 28.2. The molecule has 0 fully saturated rings. The monoisotopic (exact) mass is 693 g/mol. The van der Waals surface area contributed by atoms with Crippen molar-refractivity contribution in [1.29, 1.82) is 0 Å². The Morgan fingerprint density at radius 2 is 1.58 bits per heavy atom. The van der Waals surface area contributed by atoms with Crippen LogP contribution in [0.25, 0.3) is 0 Å². The Labute approximate surface area is 285 Å². The van der Waals surface area contributed by atoms with E-state index in [2.05, 4.69) is 5.32 Å². The van der Waals surface area contributed by atoms with Crippen LogP contribution in [0.4, 0.5) is 10.1 Å². The molecule has 0 saturated carbocycles.